The Hall–Kier alpha value is -1.28. The normalized spacial score (nSPS) is 12.3. The van der Waals surface area contributed by atoms with Gasteiger partial charge in [0.05, 0.1) is 6.26 Å². The number of aryl methyl sites for hydroxylation is 1. The summed E-state index contributed by atoms with van der Waals surface area (Å²) in [5.41, 5.74) is 10.6. The van der Waals surface area contributed by atoms with Gasteiger partial charge in [0, 0.05) is 5.39 Å². The Balaban J connectivity index is 2.65. The molecular formula is C15H21NO. The summed E-state index contributed by atoms with van der Waals surface area (Å²) in [5, 5.41) is 1.22. The van der Waals surface area contributed by atoms with Crippen molar-refractivity contribution in [2.75, 3.05) is 6.54 Å². The van der Waals surface area contributed by atoms with Crippen LogP contribution in [0, 0.1) is 6.92 Å². The van der Waals surface area contributed by atoms with Gasteiger partial charge in [-0.1, -0.05) is 26.8 Å². The van der Waals surface area contributed by atoms with Crippen molar-refractivity contribution in [3.63, 3.8) is 0 Å². The van der Waals surface area contributed by atoms with Gasteiger partial charge in [-0.05, 0) is 48.1 Å². The highest BCUT2D eigenvalue weighted by molar-refractivity contribution is 5.84. The van der Waals surface area contributed by atoms with Crippen LogP contribution in [0.1, 0.15) is 37.5 Å². The van der Waals surface area contributed by atoms with Gasteiger partial charge in [-0.25, -0.2) is 0 Å². The molecule has 0 fully saturated rings. The van der Waals surface area contributed by atoms with Crippen LogP contribution in [0.5, 0.6) is 0 Å². The molecule has 0 aliphatic heterocycles. The van der Waals surface area contributed by atoms with E-state index in [2.05, 4.69) is 39.8 Å². The molecule has 1 aromatic heterocycles. The molecule has 92 valence electrons. The molecule has 0 saturated carbocycles. The fraction of sp³-hybridized carbons (Fsp3) is 0.467. The van der Waals surface area contributed by atoms with Crippen LogP contribution in [-0.2, 0) is 11.8 Å². The van der Waals surface area contributed by atoms with Crippen LogP contribution in [0.2, 0.25) is 0 Å². The van der Waals surface area contributed by atoms with Crippen LogP contribution in [0.3, 0.4) is 0 Å². The number of nitrogens with two attached hydrogens (primary N) is 1. The van der Waals surface area contributed by atoms with Gasteiger partial charge in [0.25, 0.3) is 0 Å². The Kier molecular flexibility index (Phi) is 3.00. The number of rotatable bonds is 2. The third kappa shape index (κ3) is 2.22. The van der Waals surface area contributed by atoms with Gasteiger partial charge in [0.1, 0.15) is 5.58 Å². The molecule has 2 N–H and O–H groups in total. The zero-order valence-corrected chi connectivity index (χ0v) is 11.1. The Morgan fingerprint density at radius 1 is 1.24 bits per heavy atom. The van der Waals surface area contributed by atoms with Crippen LogP contribution in [-0.4, -0.2) is 6.54 Å². The smallest absolute Gasteiger partial charge is 0.137 e. The van der Waals surface area contributed by atoms with Crippen molar-refractivity contribution in [2.24, 2.45) is 5.73 Å². The van der Waals surface area contributed by atoms with Crippen molar-refractivity contribution in [1.29, 1.82) is 0 Å². The maximum absolute atomic E-state index is 5.64. The summed E-state index contributed by atoms with van der Waals surface area (Å²) in [4.78, 5) is 0. The first-order valence-corrected chi connectivity index (χ1v) is 6.15. The molecule has 0 atom stereocenters. The topological polar surface area (TPSA) is 39.2 Å². The monoisotopic (exact) mass is 231 g/mol. The number of furan rings is 1. The largest absolute Gasteiger partial charge is 0.464 e. The molecule has 17 heavy (non-hydrogen) atoms. The van der Waals surface area contributed by atoms with Crippen molar-refractivity contribution < 1.29 is 4.42 Å². The van der Waals surface area contributed by atoms with Crippen LogP contribution in [0.25, 0.3) is 11.0 Å². The highest BCUT2D eigenvalue weighted by atomic mass is 16.3. The van der Waals surface area contributed by atoms with E-state index >= 15 is 0 Å². The first-order chi connectivity index (χ1) is 7.93. The van der Waals surface area contributed by atoms with Crippen molar-refractivity contribution in [3.05, 3.63) is 35.1 Å². The Morgan fingerprint density at radius 2 is 1.94 bits per heavy atom. The van der Waals surface area contributed by atoms with Gasteiger partial charge in [-0.3, -0.25) is 0 Å². The number of hydrogen-bond donors (Lipinski definition) is 1. The molecule has 2 aromatic rings. The molecule has 0 amide bonds. The zero-order chi connectivity index (χ0) is 12.6. The predicted molar refractivity (Wildman–Crippen MR) is 72.4 cm³/mol. The van der Waals surface area contributed by atoms with Gasteiger partial charge >= 0.3 is 0 Å². The average Bonchev–Trinajstić information content (AvgIpc) is 2.61. The predicted octanol–water partition coefficient (Wildman–Crippen LogP) is 3.54. The molecule has 0 aliphatic carbocycles. The third-order valence-electron chi connectivity index (χ3n) is 3.22. The fourth-order valence-electron chi connectivity index (χ4n) is 2.14. The quantitative estimate of drug-likeness (QED) is 0.858. The SMILES string of the molecule is Cc1cc(C(C)(C)C)cc2c(CCN)coc12. The maximum Gasteiger partial charge on any atom is 0.137 e. The lowest BCUT2D eigenvalue weighted by atomic mass is 9.85. The van der Waals surface area contributed by atoms with E-state index in [0.29, 0.717) is 6.54 Å². The molecule has 0 aliphatic rings. The van der Waals surface area contributed by atoms with E-state index in [1.54, 1.807) is 0 Å². The lowest BCUT2D eigenvalue weighted by molar-refractivity contribution is 0.588. The number of benzene rings is 1. The van der Waals surface area contributed by atoms with E-state index < -0.39 is 0 Å². The lowest BCUT2D eigenvalue weighted by Gasteiger charge is -2.19. The Bertz CT molecular complexity index is 532. The summed E-state index contributed by atoms with van der Waals surface area (Å²) < 4.78 is 5.64. The van der Waals surface area contributed by atoms with Gasteiger partial charge < -0.3 is 10.2 Å². The fourth-order valence-corrected chi connectivity index (χ4v) is 2.14. The van der Waals surface area contributed by atoms with Gasteiger partial charge in [-0.15, -0.1) is 0 Å². The lowest BCUT2D eigenvalue weighted by Crippen LogP contribution is -2.11. The highest BCUT2D eigenvalue weighted by Gasteiger charge is 2.17. The van der Waals surface area contributed by atoms with E-state index in [0.717, 1.165) is 12.0 Å². The number of fused-ring (bicyclic) bond motifs is 1. The molecule has 0 radical (unpaired) electrons. The van der Waals surface area contributed by atoms with Crippen LogP contribution < -0.4 is 5.73 Å². The Labute approximate surface area is 103 Å². The average molecular weight is 231 g/mol. The molecule has 0 saturated heterocycles. The van der Waals surface area contributed by atoms with E-state index in [1.165, 1.54) is 22.1 Å². The first kappa shape index (κ1) is 12.2. The van der Waals surface area contributed by atoms with Crippen molar-refractivity contribution in [3.8, 4) is 0 Å². The van der Waals surface area contributed by atoms with Crippen molar-refractivity contribution in [1.82, 2.24) is 0 Å². The second kappa shape index (κ2) is 4.19. The van der Waals surface area contributed by atoms with Crippen LogP contribution in [0.4, 0.5) is 0 Å². The standard InChI is InChI=1S/C15H21NO/c1-10-7-12(15(2,3)4)8-13-11(5-6-16)9-17-14(10)13/h7-9H,5-6,16H2,1-4H3. The molecule has 2 nitrogen and oxygen atoms in total. The summed E-state index contributed by atoms with van der Waals surface area (Å²) in [6, 6.07) is 4.47. The molecule has 0 spiro atoms. The summed E-state index contributed by atoms with van der Waals surface area (Å²) in [6.45, 7) is 9.46. The molecule has 2 rings (SSSR count). The summed E-state index contributed by atoms with van der Waals surface area (Å²) in [6.07, 6.45) is 2.72. The van der Waals surface area contributed by atoms with Crippen molar-refractivity contribution >= 4 is 11.0 Å². The van der Waals surface area contributed by atoms with Gasteiger partial charge in [-0.2, -0.15) is 0 Å². The minimum Gasteiger partial charge on any atom is -0.464 e. The molecule has 1 aromatic carbocycles. The first-order valence-electron chi connectivity index (χ1n) is 6.15. The van der Waals surface area contributed by atoms with Gasteiger partial charge in [0.2, 0.25) is 0 Å². The molecule has 2 heteroatoms. The van der Waals surface area contributed by atoms with Crippen LogP contribution in [0.15, 0.2) is 22.8 Å². The summed E-state index contributed by atoms with van der Waals surface area (Å²) >= 11 is 0. The molecule has 0 bridgehead atoms. The summed E-state index contributed by atoms with van der Waals surface area (Å²) in [5.74, 6) is 0. The molecule has 0 unspecified atom stereocenters. The van der Waals surface area contributed by atoms with E-state index in [9.17, 15) is 0 Å². The zero-order valence-electron chi connectivity index (χ0n) is 11.1. The molecule has 1 heterocycles. The Morgan fingerprint density at radius 3 is 2.53 bits per heavy atom. The minimum absolute atomic E-state index is 0.163. The van der Waals surface area contributed by atoms with E-state index in [-0.39, 0.29) is 5.41 Å². The maximum atomic E-state index is 5.64. The highest BCUT2D eigenvalue weighted by Crippen LogP contribution is 2.31. The van der Waals surface area contributed by atoms with E-state index in [1.807, 2.05) is 6.26 Å². The summed E-state index contributed by atoms with van der Waals surface area (Å²) in [7, 11) is 0. The number of hydrogen-bond acceptors (Lipinski definition) is 2. The third-order valence-corrected chi connectivity index (χ3v) is 3.22. The second-order valence-corrected chi connectivity index (χ2v) is 5.72. The van der Waals surface area contributed by atoms with Crippen LogP contribution >= 0.6 is 0 Å². The van der Waals surface area contributed by atoms with Gasteiger partial charge in [0.15, 0.2) is 0 Å². The molecular weight excluding hydrogens is 210 g/mol. The second-order valence-electron chi connectivity index (χ2n) is 5.72. The van der Waals surface area contributed by atoms with E-state index in [4.69, 9.17) is 10.2 Å². The minimum atomic E-state index is 0.163. The van der Waals surface area contributed by atoms with Crippen molar-refractivity contribution in [2.45, 2.75) is 39.5 Å².